The Morgan fingerprint density at radius 2 is 2.06 bits per heavy atom. The van der Waals surface area contributed by atoms with Crippen molar-refractivity contribution in [3.8, 4) is 5.75 Å². The van der Waals surface area contributed by atoms with Crippen LogP contribution in [0, 0.1) is 11.3 Å². The highest BCUT2D eigenvalue weighted by molar-refractivity contribution is 6.05. The monoisotopic (exact) mass is 502 g/mol. The van der Waals surface area contributed by atoms with Gasteiger partial charge in [0, 0.05) is 25.2 Å². The van der Waals surface area contributed by atoms with Gasteiger partial charge in [0.15, 0.2) is 0 Å². The Labute approximate surface area is 212 Å². The summed E-state index contributed by atoms with van der Waals surface area (Å²) in [5.41, 5.74) is 0.0283. The number of hydrogen-bond acceptors (Lipinski definition) is 8. The number of hydrogen-bond donors (Lipinski definition) is 6. The highest BCUT2D eigenvalue weighted by atomic mass is 16.5. The van der Waals surface area contributed by atoms with Crippen LogP contribution in [0.25, 0.3) is 0 Å². The number of rotatable bonds is 13. The second kappa shape index (κ2) is 13.2. The Hall–Kier alpha value is -3.21. The standard InChI is InChI=1S/C26H38N4O6/c1-17(2)10-22(25(34)29-23(27)8-9-28-14-19(32)16-31)30-15-21(12-24(30)33)36-20-7-5-6-18(11-20)13-26(3,4)35/h5-9,11-12,17,19,22,28,31-32,35H,10,13-16H2,1-4H3,(H2,27,29,34)/b9-8-/t19-,22+/m1/s1. The summed E-state index contributed by atoms with van der Waals surface area (Å²) in [5.74, 6) is 0.0451. The molecule has 0 saturated carbocycles. The van der Waals surface area contributed by atoms with Crippen LogP contribution >= 0.6 is 0 Å². The van der Waals surface area contributed by atoms with E-state index in [1.165, 1.54) is 23.3 Å². The molecular weight excluding hydrogens is 464 g/mol. The van der Waals surface area contributed by atoms with Crippen molar-refractivity contribution < 1.29 is 29.6 Å². The van der Waals surface area contributed by atoms with Crippen LogP contribution in [-0.2, 0) is 16.0 Å². The van der Waals surface area contributed by atoms with Crippen molar-refractivity contribution in [2.45, 2.75) is 58.3 Å². The van der Waals surface area contributed by atoms with Gasteiger partial charge in [-0.25, -0.2) is 0 Å². The number of aliphatic hydroxyl groups is 3. The summed E-state index contributed by atoms with van der Waals surface area (Å²) in [4.78, 5) is 27.2. The van der Waals surface area contributed by atoms with Crippen LogP contribution < -0.4 is 15.4 Å². The number of amidine groups is 1. The number of benzene rings is 1. The average molecular weight is 503 g/mol. The van der Waals surface area contributed by atoms with Crippen LogP contribution in [0.2, 0.25) is 0 Å². The van der Waals surface area contributed by atoms with Crippen molar-refractivity contribution in [3.05, 3.63) is 53.9 Å². The van der Waals surface area contributed by atoms with Crippen LogP contribution in [0.4, 0.5) is 0 Å². The number of ether oxygens (including phenoxy) is 1. The predicted molar refractivity (Wildman–Crippen MR) is 136 cm³/mol. The lowest BCUT2D eigenvalue weighted by Gasteiger charge is -2.28. The van der Waals surface area contributed by atoms with Crippen LogP contribution in [-0.4, -0.2) is 75.3 Å². The smallest absolute Gasteiger partial charge is 0.251 e. The van der Waals surface area contributed by atoms with Crippen molar-refractivity contribution in [2.75, 3.05) is 19.7 Å². The van der Waals surface area contributed by atoms with Gasteiger partial charge >= 0.3 is 0 Å². The minimum Gasteiger partial charge on any atom is -0.460 e. The van der Waals surface area contributed by atoms with E-state index in [9.17, 15) is 19.8 Å². The minimum absolute atomic E-state index is 0.0988. The third-order valence-corrected chi connectivity index (χ3v) is 5.24. The topological polar surface area (TPSA) is 155 Å². The predicted octanol–water partition coefficient (Wildman–Crippen LogP) is 1.07. The molecule has 0 fully saturated rings. The van der Waals surface area contributed by atoms with Gasteiger partial charge in [-0.1, -0.05) is 26.0 Å². The molecule has 10 heteroatoms. The van der Waals surface area contributed by atoms with Gasteiger partial charge in [-0.2, -0.15) is 0 Å². The fraction of sp³-hybridized carbons (Fsp3) is 0.500. The molecule has 0 bridgehead atoms. The Morgan fingerprint density at radius 3 is 2.69 bits per heavy atom. The molecule has 2 rings (SSSR count). The third kappa shape index (κ3) is 9.80. The summed E-state index contributed by atoms with van der Waals surface area (Å²) >= 11 is 0. The lowest BCUT2D eigenvalue weighted by atomic mass is 9.99. The first-order valence-corrected chi connectivity index (χ1v) is 12.0. The molecule has 36 heavy (non-hydrogen) atoms. The molecule has 1 aliphatic heterocycles. The zero-order valence-electron chi connectivity index (χ0n) is 21.3. The number of carbonyl (C=O) groups is 2. The minimum atomic E-state index is -0.928. The van der Waals surface area contributed by atoms with E-state index in [1.54, 1.807) is 19.9 Å². The SMILES string of the molecule is CC(C)C[C@@H](C(=O)NC(=N)/C=C\NC[C@@H](O)CO)N1CC(Oc2cccc(CC(C)(C)O)c2)=CC1=O. The number of aliphatic hydroxyl groups excluding tert-OH is 2. The first kappa shape index (κ1) is 29.0. The van der Waals surface area contributed by atoms with E-state index in [0.29, 0.717) is 24.4 Å². The summed E-state index contributed by atoms with van der Waals surface area (Å²) in [5, 5.41) is 41.4. The van der Waals surface area contributed by atoms with E-state index >= 15 is 0 Å². The number of nitrogens with one attached hydrogen (secondary N) is 3. The van der Waals surface area contributed by atoms with Gasteiger partial charge in [-0.05, 0) is 50.0 Å². The molecule has 0 aromatic heterocycles. The Morgan fingerprint density at radius 1 is 1.33 bits per heavy atom. The largest absolute Gasteiger partial charge is 0.460 e. The van der Waals surface area contributed by atoms with Gasteiger partial charge in [0.2, 0.25) is 5.91 Å². The molecule has 0 aliphatic carbocycles. The van der Waals surface area contributed by atoms with Crippen LogP contribution in [0.15, 0.2) is 48.4 Å². The second-order valence-corrected chi connectivity index (χ2v) is 9.94. The van der Waals surface area contributed by atoms with Crippen molar-refractivity contribution in [1.29, 1.82) is 5.41 Å². The summed E-state index contributed by atoms with van der Waals surface area (Å²) in [6, 6.07) is 6.49. The molecule has 2 atom stereocenters. The highest BCUT2D eigenvalue weighted by Gasteiger charge is 2.35. The molecule has 1 aromatic rings. The van der Waals surface area contributed by atoms with Gasteiger partial charge < -0.3 is 35.6 Å². The van der Waals surface area contributed by atoms with Gasteiger partial charge in [0.05, 0.1) is 24.9 Å². The number of amides is 2. The molecule has 1 aliphatic rings. The van der Waals surface area contributed by atoms with Gasteiger partial charge in [0.25, 0.3) is 5.91 Å². The number of nitrogens with zero attached hydrogens (tertiary/aromatic N) is 1. The van der Waals surface area contributed by atoms with Gasteiger partial charge in [-0.15, -0.1) is 0 Å². The van der Waals surface area contributed by atoms with E-state index in [0.717, 1.165) is 5.56 Å². The maximum absolute atomic E-state index is 13.0. The fourth-order valence-electron chi connectivity index (χ4n) is 3.70. The molecular formula is C26H38N4O6. The molecule has 2 amide bonds. The fourth-order valence-corrected chi connectivity index (χ4v) is 3.70. The van der Waals surface area contributed by atoms with E-state index in [2.05, 4.69) is 10.6 Å². The van der Waals surface area contributed by atoms with Crippen molar-refractivity contribution >= 4 is 17.6 Å². The summed E-state index contributed by atoms with van der Waals surface area (Å²) in [7, 11) is 0. The molecule has 10 nitrogen and oxygen atoms in total. The average Bonchev–Trinajstić information content (AvgIpc) is 3.13. The normalized spacial score (nSPS) is 15.7. The quantitative estimate of drug-likeness (QED) is 0.174. The summed E-state index contributed by atoms with van der Waals surface area (Å²) in [6.45, 7) is 7.17. The molecule has 0 saturated heterocycles. The third-order valence-electron chi connectivity index (χ3n) is 5.24. The first-order chi connectivity index (χ1) is 16.9. The molecule has 0 spiro atoms. The number of carbonyl (C=O) groups excluding carboxylic acids is 2. The Bertz CT molecular complexity index is 983. The zero-order valence-corrected chi connectivity index (χ0v) is 21.3. The lowest BCUT2D eigenvalue weighted by Crippen LogP contribution is -2.49. The zero-order chi connectivity index (χ0) is 26.9. The molecule has 0 unspecified atom stereocenters. The van der Waals surface area contributed by atoms with E-state index < -0.39 is 23.7 Å². The van der Waals surface area contributed by atoms with E-state index in [1.807, 2.05) is 32.0 Å². The molecule has 198 valence electrons. The molecule has 1 heterocycles. The Kier molecular flexibility index (Phi) is 10.6. The van der Waals surface area contributed by atoms with E-state index in [-0.39, 0.29) is 37.4 Å². The van der Waals surface area contributed by atoms with Gasteiger partial charge in [-0.3, -0.25) is 15.0 Å². The van der Waals surface area contributed by atoms with E-state index in [4.69, 9.17) is 15.3 Å². The van der Waals surface area contributed by atoms with Crippen molar-refractivity contribution in [2.24, 2.45) is 5.92 Å². The lowest BCUT2D eigenvalue weighted by molar-refractivity contribution is -0.135. The van der Waals surface area contributed by atoms with Crippen LogP contribution in [0.3, 0.4) is 0 Å². The molecule has 1 aromatic carbocycles. The second-order valence-electron chi connectivity index (χ2n) is 9.94. The molecule has 6 N–H and O–H groups in total. The highest BCUT2D eigenvalue weighted by Crippen LogP contribution is 2.24. The Balaban J connectivity index is 2.03. The summed E-state index contributed by atoms with van der Waals surface area (Å²) in [6.07, 6.45) is 3.99. The maximum Gasteiger partial charge on any atom is 0.251 e. The van der Waals surface area contributed by atoms with Gasteiger partial charge in [0.1, 0.15) is 23.4 Å². The maximum atomic E-state index is 13.0. The van der Waals surface area contributed by atoms with Crippen molar-refractivity contribution in [3.63, 3.8) is 0 Å². The molecule has 0 radical (unpaired) electrons. The van der Waals surface area contributed by atoms with Crippen LogP contribution in [0.5, 0.6) is 5.75 Å². The first-order valence-electron chi connectivity index (χ1n) is 12.0. The van der Waals surface area contributed by atoms with Crippen molar-refractivity contribution in [1.82, 2.24) is 15.5 Å². The van der Waals surface area contributed by atoms with Crippen LogP contribution in [0.1, 0.15) is 39.7 Å². The summed E-state index contributed by atoms with van der Waals surface area (Å²) < 4.78 is 5.93.